The van der Waals surface area contributed by atoms with Crippen LogP contribution in [0.5, 0.6) is 0 Å². The first kappa shape index (κ1) is 14.6. The Morgan fingerprint density at radius 2 is 2.19 bits per heavy atom. The van der Waals surface area contributed by atoms with Gasteiger partial charge in [0.2, 0.25) is 11.8 Å². The largest absolute Gasteiger partial charge is 0.364 e. The quantitative estimate of drug-likeness (QED) is 0.561. The first-order valence-corrected chi connectivity index (χ1v) is 6.44. The molecule has 0 aliphatic rings. The molecule has 0 fully saturated rings. The normalized spacial score (nSPS) is 10.4. The Bertz CT molecular complexity index is 626. The van der Waals surface area contributed by atoms with Crippen molar-refractivity contribution in [3.63, 3.8) is 0 Å². The van der Waals surface area contributed by atoms with Gasteiger partial charge in [0.1, 0.15) is 12.5 Å². The molecule has 2 rings (SSSR count). The predicted octanol–water partition coefficient (Wildman–Crippen LogP) is 0.600. The summed E-state index contributed by atoms with van der Waals surface area (Å²) in [6.07, 6.45) is 3.33. The average Bonchev–Trinajstić information content (AvgIpc) is 2.85. The second-order valence-electron chi connectivity index (χ2n) is 4.23. The van der Waals surface area contributed by atoms with Crippen LogP contribution in [0.4, 0.5) is 17.5 Å². The zero-order valence-corrected chi connectivity index (χ0v) is 11.8. The van der Waals surface area contributed by atoms with Crippen LogP contribution in [-0.2, 0) is 13.5 Å². The van der Waals surface area contributed by atoms with Gasteiger partial charge >= 0.3 is 5.69 Å². The minimum absolute atomic E-state index is 0.161. The van der Waals surface area contributed by atoms with Crippen molar-refractivity contribution in [2.75, 3.05) is 23.7 Å². The highest BCUT2D eigenvalue weighted by Gasteiger charge is 2.16. The van der Waals surface area contributed by atoms with Crippen LogP contribution < -0.4 is 10.6 Å². The molecule has 2 aromatic heterocycles. The zero-order chi connectivity index (χ0) is 15.2. The van der Waals surface area contributed by atoms with E-state index in [0.717, 1.165) is 0 Å². The third kappa shape index (κ3) is 3.84. The van der Waals surface area contributed by atoms with Gasteiger partial charge in [-0.25, -0.2) is 9.97 Å². The maximum Gasteiger partial charge on any atom is 0.329 e. The molecule has 2 aromatic rings. The predicted molar refractivity (Wildman–Crippen MR) is 76.0 cm³/mol. The molecule has 10 heteroatoms. The number of nitro groups is 1. The molecule has 10 nitrogen and oxygen atoms in total. The van der Waals surface area contributed by atoms with E-state index in [0.29, 0.717) is 31.3 Å². The molecule has 0 saturated carbocycles. The highest BCUT2D eigenvalue weighted by atomic mass is 16.6. The van der Waals surface area contributed by atoms with E-state index in [2.05, 4.69) is 30.7 Å². The number of nitrogens with zero attached hydrogens (tertiary/aromatic N) is 6. The average molecular weight is 292 g/mol. The van der Waals surface area contributed by atoms with Crippen LogP contribution in [-0.4, -0.2) is 42.7 Å². The third-order valence-electron chi connectivity index (χ3n) is 2.59. The lowest BCUT2D eigenvalue weighted by Gasteiger charge is -2.07. The molecule has 0 radical (unpaired) electrons. The van der Waals surface area contributed by atoms with Crippen molar-refractivity contribution >= 4 is 17.5 Å². The summed E-state index contributed by atoms with van der Waals surface area (Å²) in [4.78, 5) is 22.5. The molecule has 0 unspecified atom stereocenters. The fraction of sp³-hybridized carbons (Fsp3) is 0.455. The van der Waals surface area contributed by atoms with Crippen LogP contribution in [0.15, 0.2) is 12.5 Å². The Morgan fingerprint density at radius 1 is 1.38 bits per heavy atom. The number of aromatic nitrogens is 5. The minimum atomic E-state index is -0.517. The lowest BCUT2D eigenvalue weighted by atomic mass is 10.4. The molecular weight excluding hydrogens is 276 g/mol. The van der Waals surface area contributed by atoms with Crippen molar-refractivity contribution < 1.29 is 4.92 Å². The molecular formula is C11H16N8O2. The fourth-order valence-electron chi connectivity index (χ4n) is 1.67. The highest BCUT2D eigenvalue weighted by Crippen LogP contribution is 2.21. The van der Waals surface area contributed by atoms with Gasteiger partial charge in [-0.1, -0.05) is 0 Å². The van der Waals surface area contributed by atoms with Crippen LogP contribution in [0.3, 0.4) is 0 Å². The summed E-state index contributed by atoms with van der Waals surface area (Å²) < 4.78 is 1.60. The number of nitrogens with one attached hydrogen (secondary N) is 2. The second-order valence-corrected chi connectivity index (χ2v) is 4.23. The topological polar surface area (TPSA) is 124 Å². The number of hydrogen-bond acceptors (Lipinski definition) is 8. The van der Waals surface area contributed by atoms with E-state index in [4.69, 9.17) is 0 Å². The van der Waals surface area contributed by atoms with Gasteiger partial charge in [0.25, 0.3) is 0 Å². The van der Waals surface area contributed by atoms with Gasteiger partial charge in [-0.15, -0.1) is 0 Å². The van der Waals surface area contributed by atoms with Crippen LogP contribution in [0.25, 0.3) is 0 Å². The molecule has 0 aromatic carbocycles. The Morgan fingerprint density at radius 3 is 2.81 bits per heavy atom. The maximum absolute atomic E-state index is 11.0. The van der Waals surface area contributed by atoms with Crippen molar-refractivity contribution in [2.24, 2.45) is 7.05 Å². The van der Waals surface area contributed by atoms with Crippen molar-refractivity contribution in [3.8, 4) is 0 Å². The molecule has 0 atom stereocenters. The van der Waals surface area contributed by atoms with E-state index in [1.54, 1.807) is 18.1 Å². The zero-order valence-electron chi connectivity index (χ0n) is 11.8. The molecule has 2 N–H and O–H groups in total. The number of hydrogen-bond donors (Lipinski definition) is 2. The summed E-state index contributed by atoms with van der Waals surface area (Å²) in [6.45, 7) is 2.97. The standard InChI is InChI=1S/C11H16N8O2/c1-3-12-11-14-6-8(19(20)21)10(16-11)13-5-4-9-15-7-18(2)17-9/h6-7H,3-5H2,1-2H3,(H2,12,13,14,16). The molecule has 0 aliphatic heterocycles. The van der Waals surface area contributed by atoms with Crippen LogP contribution >= 0.6 is 0 Å². The number of anilines is 2. The van der Waals surface area contributed by atoms with Crippen molar-refractivity contribution in [1.29, 1.82) is 0 Å². The van der Waals surface area contributed by atoms with Crippen LogP contribution in [0.2, 0.25) is 0 Å². The Hall–Kier alpha value is -2.78. The van der Waals surface area contributed by atoms with Gasteiger partial charge in [0.05, 0.1) is 4.92 Å². The second kappa shape index (κ2) is 6.59. The number of aryl methyl sites for hydroxylation is 1. The van der Waals surface area contributed by atoms with Crippen LogP contribution in [0.1, 0.15) is 12.7 Å². The lowest BCUT2D eigenvalue weighted by molar-refractivity contribution is -0.384. The minimum Gasteiger partial charge on any atom is -0.364 e. The molecule has 0 bridgehead atoms. The van der Waals surface area contributed by atoms with Gasteiger partial charge < -0.3 is 10.6 Å². The Kier molecular flexibility index (Phi) is 4.59. The van der Waals surface area contributed by atoms with E-state index in [-0.39, 0.29) is 11.5 Å². The summed E-state index contributed by atoms with van der Waals surface area (Å²) in [5, 5.41) is 20.9. The third-order valence-corrected chi connectivity index (χ3v) is 2.59. The molecule has 0 amide bonds. The Balaban J connectivity index is 2.05. The fourth-order valence-corrected chi connectivity index (χ4v) is 1.67. The lowest BCUT2D eigenvalue weighted by Crippen LogP contribution is -2.12. The molecule has 0 spiro atoms. The smallest absolute Gasteiger partial charge is 0.329 e. The van der Waals surface area contributed by atoms with E-state index in [1.165, 1.54) is 6.20 Å². The van der Waals surface area contributed by atoms with E-state index in [9.17, 15) is 10.1 Å². The highest BCUT2D eigenvalue weighted by molar-refractivity contribution is 5.56. The molecule has 112 valence electrons. The first-order chi connectivity index (χ1) is 10.1. The Labute approximate surface area is 120 Å². The van der Waals surface area contributed by atoms with Gasteiger partial charge in [-0.2, -0.15) is 10.1 Å². The summed E-state index contributed by atoms with van der Waals surface area (Å²) in [6, 6.07) is 0. The summed E-state index contributed by atoms with van der Waals surface area (Å²) in [5.74, 6) is 1.19. The number of rotatable bonds is 7. The van der Waals surface area contributed by atoms with Gasteiger partial charge in [0, 0.05) is 26.6 Å². The summed E-state index contributed by atoms with van der Waals surface area (Å²) >= 11 is 0. The molecule has 21 heavy (non-hydrogen) atoms. The maximum atomic E-state index is 11.0. The van der Waals surface area contributed by atoms with Crippen molar-refractivity contribution in [1.82, 2.24) is 24.7 Å². The first-order valence-electron chi connectivity index (χ1n) is 6.44. The van der Waals surface area contributed by atoms with E-state index in [1.807, 2.05) is 6.92 Å². The van der Waals surface area contributed by atoms with E-state index >= 15 is 0 Å². The molecule has 0 aliphatic carbocycles. The molecule has 0 saturated heterocycles. The van der Waals surface area contributed by atoms with Crippen molar-refractivity contribution in [2.45, 2.75) is 13.3 Å². The van der Waals surface area contributed by atoms with E-state index < -0.39 is 4.92 Å². The van der Waals surface area contributed by atoms with Gasteiger partial charge in [0.15, 0.2) is 5.82 Å². The van der Waals surface area contributed by atoms with Gasteiger partial charge in [-0.3, -0.25) is 14.8 Å². The van der Waals surface area contributed by atoms with Crippen molar-refractivity contribution in [3.05, 3.63) is 28.5 Å². The SMILES string of the molecule is CCNc1ncc([N+](=O)[O-])c(NCCc2ncn(C)n2)n1. The van der Waals surface area contributed by atoms with Crippen LogP contribution in [0, 0.1) is 10.1 Å². The summed E-state index contributed by atoms with van der Waals surface area (Å²) in [5.41, 5.74) is -0.161. The molecule has 2 heterocycles. The monoisotopic (exact) mass is 292 g/mol. The van der Waals surface area contributed by atoms with Gasteiger partial charge in [-0.05, 0) is 6.92 Å². The summed E-state index contributed by atoms with van der Waals surface area (Å²) in [7, 11) is 1.78.